The Bertz CT molecular complexity index is 464. The second-order valence-corrected chi connectivity index (χ2v) is 3.38. The van der Waals surface area contributed by atoms with Gasteiger partial charge in [-0.1, -0.05) is 18.2 Å². The van der Waals surface area contributed by atoms with Crippen LogP contribution in [-0.4, -0.2) is 14.7 Å². The van der Waals surface area contributed by atoms with Gasteiger partial charge in [-0.2, -0.15) is 0 Å². The van der Waals surface area contributed by atoms with Crippen LogP contribution in [0.4, 0.5) is 5.69 Å². The second kappa shape index (κ2) is 3.74. The number of aliphatic hydroxyl groups excluding tert-OH is 1. The molecule has 1 unspecified atom stereocenters. The molecule has 4 heteroatoms. The van der Waals surface area contributed by atoms with Crippen LogP contribution in [0, 0.1) is 6.92 Å². The molecule has 0 aliphatic carbocycles. The summed E-state index contributed by atoms with van der Waals surface area (Å²) in [6.45, 7) is 1.84. The zero-order valence-corrected chi connectivity index (χ0v) is 8.46. The van der Waals surface area contributed by atoms with Crippen LogP contribution < -0.4 is 5.73 Å². The molecule has 0 spiro atoms. The highest BCUT2D eigenvalue weighted by molar-refractivity contribution is 5.47. The first-order valence-corrected chi connectivity index (χ1v) is 4.72. The number of imidazole rings is 1. The fourth-order valence-electron chi connectivity index (χ4n) is 1.54. The molecule has 1 aromatic heterocycles. The van der Waals surface area contributed by atoms with Gasteiger partial charge in [0.25, 0.3) is 0 Å². The van der Waals surface area contributed by atoms with Gasteiger partial charge < -0.3 is 15.4 Å². The topological polar surface area (TPSA) is 64.1 Å². The lowest BCUT2D eigenvalue weighted by Crippen LogP contribution is -2.12. The summed E-state index contributed by atoms with van der Waals surface area (Å²) in [4.78, 5) is 4.06. The van der Waals surface area contributed by atoms with E-state index in [2.05, 4.69) is 4.98 Å². The lowest BCUT2D eigenvalue weighted by atomic mass is 10.1. The van der Waals surface area contributed by atoms with E-state index in [1.165, 1.54) is 0 Å². The van der Waals surface area contributed by atoms with Crippen molar-refractivity contribution >= 4 is 5.69 Å². The number of nitrogens with zero attached hydrogens (tertiary/aromatic N) is 2. The molecule has 0 saturated carbocycles. The Morgan fingerprint density at radius 1 is 1.40 bits per heavy atom. The molecule has 1 aromatic carbocycles. The number of para-hydroxylation sites is 1. The van der Waals surface area contributed by atoms with Crippen molar-refractivity contribution in [2.45, 2.75) is 13.2 Å². The van der Waals surface area contributed by atoms with E-state index in [9.17, 15) is 5.11 Å². The Hall–Kier alpha value is -1.81. The number of rotatable bonds is 2. The first kappa shape index (κ1) is 9.73. The highest BCUT2D eigenvalue weighted by Crippen LogP contribution is 2.22. The fraction of sp³-hybridized carbons (Fsp3) is 0.182. The number of aliphatic hydroxyl groups is 1. The van der Waals surface area contributed by atoms with Gasteiger partial charge in [-0.3, -0.25) is 0 Å². The normalized spacial score (nSPS) is 12.7. The van der Waals surface area contributed by atoms with Crippen LogP contribution in [0.15, 0.2) is 36.7 Å². The maximum atomic E-state index is 10.1. The average molecular weight is 203 g/mol. The number of benzene rings is 1. The van der Waals surface area contributed by atoms with E-state index in [0.29, 0.717) is 11.3 Å². The molecule has 0 aliphatic rings. The van der Waals surface area contributed by atoms with Gasteiger partial charge in [0.2, 0.25) is 0 Å². The highest BCUT2D eigenvalue weighted by Gasteiger charge is 2.13. The predicted molar refractivity (Wildman–Crippen MR) is 58.2 cm³/mol. The Kier molecular flexibility index (Phi) is 2.43. The van der Waals surface area contributed by atoms with E-state index in [-0.39, 0.29) is 0 Å². The van der Waals surface area contributed by atoms with Crippen molar-refractivity contribution in [1.82, 2.24) is 9.55 Å². The standard InChI is InChI=1S/C11H13N3O/c1-8-13-6-7-14(8)11(15)9-4-2-3-5-10(9)12/h2-7,11,15H,12H2,1H3. The quantitative estimate of drug-likeness (QED) is 0.723. The molecule has 0 bridgehead atoms. The van der Waals surface area contributed by atoms with E-state index in [0.717, 1.165) is 5.82 Å². The molecule has 0 saturated heterocycles. The van der Waals surface area contributed by atoms with E-state index < -0.39 is 6.23 Å². The minimum absolute atomic E-state index is 0.582. The molecule has 1 heterocycles. The first-order valence-electron chi connectivity index (χ1n) is 4.72. The molecular weight excluding hydrogens is 190 g/mol. The Balaban J connectivity index is 2.41. The molecule has 3 N–H and O–H groups in total. The van der Waals surface area contributed by atoms with Crippen molar-refractivity contribution < 1.29 is 5.11 Å². The maximum Gasteiger partial charge on any atom is 0.159 e. The number of nitrogens with two attached hydrogens (primary N) is 1. The summed E-state index contributed by atoms with van der Waals surface area (Å²) in [5, 5.41) is 10.1. The van der Waals surface area contributed by atoms with Gasteiger partial charge in [0, 0.05) is 23.6 Å². The molecule has 1 atom stereocenters. The van der Waals surface area contributed by atoms with Crippen LogP contribution in [0.3, 0.4) is 0 Å². The van der Waals surface area contributed by atoms with Gasteiger partial charge in [0.1, 0.15) is 5.82 Å². The minimum Gasteiger partial charge on any atom is -0.398 e. The Morgan fingerprint density at radius 3 is 2.73 bits per heavy atom. The summed E-state index contributed by atoms with van der Waals surface area (Å²) in [6, 6.07) is 7.26. The molecule has 0 aliphatic heterocycles. The molecule has 0 fully saturated rings. The van der Waals surface area contributed by atoms with E-state index >= 15 is 0 Å². The summed E-state index contributed by atoms with van der Waals surface area (Å²) in [7, 11) is 0. The zero-order chi connectivity index (χ0) is 10.8. The predicted octanol–water partition coefficient (Wildman–Crippen LogP) is 1.31. The monoisotopic (exact) mass is 203 g/mol. The molecule has 2 rings (SSSR count). The zero-order valence-electron chi connectivity index (χ0n) is 8.46. The van der Waals surface area contributed by atoms with E-state index in [1.54, 1.807) is 29.1 Å². The van der Waals surface area contributed by atoms with Crippen LogP contribution >= 0.6 is 0 Å². The number of aryl methyl sites for hydroxylation is 1. The van der Waals surface area contributed by atoms with Crippen molar-refractivity contribution in [2.75, 3.05) is 5.73 Å². The van der Waals surface area contributed by atoms with Gasteiger partial charge in [0.05, 0.1) is 0 Å². The van der Waals surface area contributed by atoms with Crippen LogP contribution in [0.25, 0.3) is 0 Å². The summed E-state index contributed by atoms with van der Waals surface area (Å²) in [6.07, 6.45) is 2.61. The van der Waals surface area contributed by atoms with E-state index in [4.69, 9.17) is 5.73 Å². The number of hydrogen-bond acceptors (Lipinski definition) is 3. The number of aromatic nitrogens is 2. The molecule has 4 nitrogen and oxygen atoms in total. The third-order valence-electron chi connectivity index (χ3n) is 2.40. The van der Waals surface area contributed by atoms with Crippen molar-refractivity contribution in [3.8, 4) is 0 Å². The lowest BCUT2D eigenvalue weighted by molar-refractivity contribution is 0.144. The van der Waals surface area contributed by atoms with E-state index in [1.807, 2.05) is 19.1 Å². The van der Waals surface area contributed by atoms with Crippen LogP contribution in [0.1, 0.15) is 17.6 Å². The van der Waals surface area contributed by atoms with Crippen molar-refractivity contribution in [3.05, 3.63) is 48.0 Å². The van der Waals surface area contributed by atoms with Gasteiger partial charge >= 0.3 is 0 Å². The Morgan fingerprint density at radius 2 is 2.13 bits per heavy atom. The summed E-state index contributed by atoms with van der Waals surface area (Å²) < 4.78 is 1.67. The fourth-order valence-corrected chi connectivity index (χ4v) is 1.54. The lowest BCUT2D eigenvalue weighted by Gasteiger charge is -2.15. The van der Waals surface area contributed by atoms with Gasteiger partial charge in [-0.25, -0.2) is 4.98 Å². The average Bonchev–Trinajstić information content (AvgIpc) is 2.64. The summed E-state index contributed by atoms with van der Waals surface area (Å²) in [5.41, 5.74) is 7.06. The summed E-state index contributed by atoms with van der Waals surface area (Å²) >= 11 is 0. The number of hydrogen-bond donors (Lipinski definition) is 2. The molecule has 2 aromatic rings. The number of nitrogen functional groups attached to an aromatic ring is 1. The van der Waals surface area contributed by atoms with Crippen molar-refractivity contribution in [3.63, 3.8) is 0 Å². The SMILES string of the molecule is Cc1nccn1C(O)c1ccccc1N. The Labute approximate surface area is 88.0 Å². The minimum atomic E-state index is -0.770. The molecule has 0 radical (unpaired) electrons. The molecular formula is C11H13N3O. The number of anilines is 1. The molecule has 0 amide bonds. The third kappa shape index (κ3) is 1.71. The van der Waals surface area contributed by atoms with Gasteiger partial charge in [-0.05, 0) is 13.0 Å². The maximum absolute atomic E-state index is 10.1. The first-order chi connectivity index (χ1) is 7.20. The van der Waals surface area contributed by atoms with Crippen molar-refractivity contribution in [1.29, 1.82) is 0 Å². The van der Waals surface area contributed by atoms with Crippen LogP contribution in [0.2, 0.25) is 0 Å². The molecule has 15 heavy (non-hydrogen) atoms. The smallest absolute Gasteiger partial charge is 0.159 e. The van der Waals surface area contributed by atoms with Crippen LogP contribution in [0.5, 0.6) is 0 Å². The largest absolute Gasteiger partial charge is 0.398 e. The highest BCUT2D eigenvalue weighted by atomic mass is 16.3. The van der Waals surface area contributed by atoms with Crippen molar-refractivity contribution in [2.24, 2.45) is 0 Å². The molecule has 78 valence electrons. The van der Waals surface area contributed by atoms with Crippen LogP contribution in [-0.2, 0) is 0 Å². The third-order valence-corrected chi connectivity index (χ3v) is 2.40. The second-order valence-electron chi connectivity index (χ2n) is 3.38. The van der Waals surface area contributed by atoms with Gasteiger partial charge in [-0.15, -0.1) is 0 Å². The van der Waals surface area contributed by atoms with Gasteiger partial charge in [0.15, 0.2) is 6.23 Å². The summed E-state index contributed by atoms with van der Waals surface area (Å²) in [5.74, 6) is 0.755.